The largest absolute Gasteiger partial charge is 0.426 e. The predicted octanol–water partition coefficient (Wildman–Crippen LogP) is 5.38. The zero-order chi connectivity index (χ0) is 18.4. The van der Waals surface area contributed by atoms with E-state index in [0.29, 0.717) is 11.3 Å². The number of hydrogen-bond donors (Lipinski definition) is 0. The second-order valence-corrected chi connectivity index (χ2v) is 6.89. The number of benzene rings is 2. The fraction of sp³-hybridized carbons (Fsp3) is 0.304. The lowest BCUT2D eigenvalue weighted by molar-refractivity contribution is -0.139. The molecule has 2 aromatic rings. The van der Waals surface area contributed by atoms with Crippen LogP contribution in [-0.2, 0) is 4.79 Å². The van der Waals surface area contributed by atoms with Crippen molar-refractivity contribution >= 4 is 17.8 Å². The standard InChI is InChI=1S/C23H24O3/c1-17-7-12-19(13-8-17)22(24)16-11-18-9-14-21(15-10-18)26-23(25)20-5-3-2-4-6-20/h7-16,20H,2-6H2,1H3. The molecule has 0 aromatic heterocycles. The van der Waals surface area contributed by atoms with Crippen LogP contribution in [0.15, 0.2) is 54.6 Å². The van der Waals surface area contributed by atoms with Crippen LogP contribution in [0.3, 0.4) is 0 Å². The molecule has 0 atom stereocenters. The van der Waals surface area contributed by atoms with E-state index in [1.807, 2.05) is 43.3 Å². The van der Waals surface area contributed by atoms with Crippen molar-refractivity contribution in [2.45, 2.75) is 39.0 Å². The first-order chi connectivity index (χ1) is 12.6. The Morgan fingerprint density at radius 1 is 0.923 bits per heavy atom. The van der Waals surface area contributed by atoms with Crippen LogP contribution in [0.2, 0.25) is 0 Å². The third kappa shape index (κ3) is 4.92. The van der Waals surface area contributed by atoms with Crippen molar-refractivity contribution in [2.75, 3.05) is 0 Å². The Bertz CT molecular complexity index is 779. The van der Waals surface area contributed by atoms with Gasteiger partial charge in [-0.05, 0) is 43.5 Å². The first-order valence-corrected chi connectivity index (χ1v) is 9.23. The van der Waals surface area contributed by atoms with Crippen LogP contribution in [-0.4, -0.2) is 11.8 Å². The van der Waals surface area contributed by atoms with Crippen molar-refractivity contribution in [1.82, 2.24) is 0 Å². The third-order valence-electron chi connectivity index (χ3n) is 4.80. The number of esters is 1. The van der Waals surface area contributed by atoms with Crippen molar-refractivity contribution in [2.24, 2.45) is 5.92 Å². The van der Waals surface area contributed by atoms with E-state index in [9.17, 15) is 9.59 Å². The van der Waals surface area contributed by atoms with Gasteiger partial charge in [0.25, 0.3) is 0 Å². The Hall–Kier alpha value is -2.68. The molecule has 0 saturated heterocycles. The summed E-state index contributed by atoms with van der Waals surface area (Å²) in [4.78, 5) is 24.3. The van der Waals surface area contributed by atoms with Gasteiger partial charge in [-0.2, -0.15) is 0 Å². The molecule has 1 aliphatic carbocycles. The Labute approximate surface area is 154 Å². The first-order valence-electron chi connectivity index (χ1n) is 9.23. The summed E-state index contributed by atoms with van der Waals surface area (Å²) in [5, 5.41) is 0. The number of ether oxygens (including phenoxy) is 1. The Kier molecular flexibility index (Phi) is 6.00. The first kappa shape index (κ1) is 18.1. The van der Waals surface area contributed by atoms with Crippen LogP contribution in [0, 0.1) is 12.8 Å². The van der Waals surface area contributed by atoms with Gasteiger partial charge in [0.05, 0.1) is 5.92 Å². The lowest BCUT2D eigenvalue weighted by atomic mass is 9.89. The molecule has 1 fully saturated rings. The molecular weight excluding hydrogens is 324 g/mol. The Morgan fingerprint density at radius 2 is 1.58 bits per heavy atom. The van der Waals surface area contributed by atoms with Gasteiger partial charge >= 0.3 is 5.97 Å². The summed E-state index contributed by atoms with van der Waals surface area (Å²) in [5.41, 5.74) is 2.69. The molecule has 0 N–H and O–H groups in total. The van der Waals surface area contributed by atoms with E-state index >= 15 is 0 Å². The molecule has 3 rings (SSSR count). The maximum Gasteiger partial charge on any atom is 0.314 e. The normalized spacial score (nSPS) is 15.1. The fourth-order valence-electron chi connectivity index (χ4n) is 3.17. The summed E-state index contributed by atoms with van der Waals surface area (Å²) in [6, 6.07) is 14.8. The van der Waals surface area contributed by atoms with Gasteiger partial charge in [0, 0.05) is 5.56 Å². The molecule has 0 spiro atoms. The molecule has 0 aliphatic heterocycles. The summed E-state index contributed by atoms with van der Waals surface area (Å²) >= 11 is 0. The average molecular weight is 348 g/mol. The Morgan fingerprint density at radius 3 is 2.23 bits per heavy atom. The third-order valence-corrected chi connectivity index (χ3v) is 4.80. The van der Waals surface area contributed by atoms with Gasteiger partial charge in [-0.25, -0.2) is 0 Å². The van der Waals surface area contributed by atoms with Gasteiger partial charge in [-0.3, -0.25) is 9.59 Å². The van der Waals surface area contributed by atoms with Crippen molar-refractivity contribution in [3.8, 4) is 5.75 Å². The zero-order valence-electron chi connectivity index (χ0n) is 15.1. The molecule has 1 aliphatic rings. The lowest BCUT2D eigenvalue weighted by Gasteiger charge is -2.19. The number of carbonyl (C=O) groups excluding carboxylic acids is 2. The minimum Gasteiger partial charge on any atom is -0.426 e. The highest BCUT2D eigenvalue weighted by Crippen LogP contribution is 2.25. The SMILES string of the molecule is Cc1ccc(C(=O)C=Cc2ccc(OC(=O)C3CCCCC3)cc2)cc1. The average Bonchev–Trinajstić information content (AvgIpc) is 2.68. The molecule has 26 heavy (non-hydrogen) atoms. The molecule has 0 unspecified atom stereocenters. The molecule has 134 valence electrons. The highest BCUT2D eigenvalue weighted by atomic mass is 16.5. The minimum absolute atomic E-state index is 0.0298. The van der Waals surface area contributed by atoms with Crippen LogP contribution in [0.25, 0.3) is 6.08 Å². The molecule has 1 saturated carbocycles. The molecule has 0 bridgehead atoms. The number of allylic oxidation sites excluding steroid dienone is 1. The minimum atomic E-state index is -0.123. The molecule has 0 radical (unpaired) electrons. The van der Waals surface area contributed by atoms with Gasteiger partial charge in [0.15, 0.2) is 5.78 Å². The van der Waals surface area contributed by atoms with Gasteiger partial charge < -0.3 is 4.74 Å². The number of hydrogen-bond acceptors (Lipinski definition) is 3. The van der Waals surface area contributed by atoms with Crippen molar-refractivity contribution in [1.29, 1.82) is 0 Å². The second kappa shape index (κ2) is 8.61. The van der Waals surface area contributed by atoms with E-state index in [-0.39, 0.29) is 17.7 Å². The summed E-state index contributed by atoms with van der Waals surface area (Å²) in [6.45, 7) is 1.99. The van der Waals surface area contributed by atoms with Gasteiger partial charge in [0.1, 0.15) is 5.75 Å². The van der Waals surface area contributed by atoms with E-state index in [1.165, 1.54) is 6.42 Å². The van der Waals surface area contributed by atoms with Crippen LogP contribution < -0.4 is 4.74 Å². The van der Waals surface area contributed by atoms with E-state index < -0.39 is 0 Å². The summed E-state index contributed by atoms with van der Waals surface area (Å²) in [7, 11) is 0. The van der Waals surface area contributed by atoms with Gasteiger partial charge in [0.2, 0.25) is 0 Å². The number of rotatable bonds is 5. The maximum absolute atomic E-state index is 12.2. The fourth-order valence-corrected chi connectivity index (χ4v) is 3.17. The van der Waals surface area contributed by atoms with E-state index in [1.54, 1.807) is 24.3 Å². The summed E-state index contributed by atoms with van der Waals surface area (Å²) in [6.07, 6.45) is 8.63. The van der Waals surface area contributed by atoms with Crippen LogP contribution >= 0.6 is 0 Å². The lowest BCUT2D eigenvalue weighted by Crippen LogP contribution is -2.22. The predicted molar refractivity (Wildman–Crippen MR) is 103 cm³/mol. The molecule has 2 aromatic carbocycles. The summed E-state index contributed by atoms with van der Waals surface area (Å²) < 4.78 is 5.48. The zero-order valence-corrected chi connectivity index (χ0v) is 15.1. The van der Waals surface area contributed by atoms with Crippen molar-refractivity contribution < 1.29 is 14.3 Å². The highest BCUT2D eigenvalue weighted by Gasteiger charge is 2.22. The van der Waals surface area contributed by atoms with Crippen LogP contribution in [0.5, 0.6) is 5.75 Å². The van der Waals surface area contributed by atoms with Gasteiger partial charge in [-0.15, -0.1) is 0 Å². The monoisotopic (exact) mass is 348 g/mol. The van der Waals surface area contributed by atoms with Crippen molar-refractivity contribution in [3.63, 3.8) is 0 Å². The summed E-state index contributed by atoms with van der Waals surface area (Å²) in [5.74, 6) is 0.443. The molecule has 0 heterocycles. The quantitative estimate of drug-likeness (QED) is 0.315. The molecular formula is C23H24O3. The van der Waals surface area contributed by atoms with Crippen LogP contribution in [0.4, 0.5) is 0 Å². The maximum atomic E-state index is 12.2. The highest BCUT2D eigenvalue weighted by molar-refractivity contribution is 6.06. The van der Waals surface area contributed by atoms with E-state index in [0.717, 1.165) is 36.8 Å². The second-order valence-electron chi connectivity index (χ2n) is 6.89. The molecule has 3 heteroatoms. The van der Waals surface area contributed by atoms with E-state index in [2.05, 4.69) is 0 Å². The van der Waals surface area contributed by atoms with Crippen molar-refractivity contribution in [3.05, 3.63) is 71.3 Å². The van der Waals surface area contributed by atoms with Gasteiger partial charge in [-0.1, -0.05) is 67.3 Å². The Balaban J connectivity index is 1.57. The number of ketones is 1. The smallest absolute Gasteiger partial charge is 0.314 e. The number of carbonyl (C=O) groups is 2. The number of aryl methyl sites for hydroxylation is 1. The molecule has 0 amide bonds. The van der Waals surface area contributed by atoms with E-state index in [4.69, 9.17) is 4.74 Å². The topological polar surface area (TPSA) is 43.4 Å². The molecule has 3 nitrogen and oxygen atoms in total. The van der Waals surface area contributed by atoms with Crippen LogP contribution in [0.1, 0.15) is 53.6 Å².